The molecule has 0 unspecified atom stereocenters. The minimum Gasteiger partial charge on any atom is -0.484 e. The third-order valence-electron chi connectivity index (χ3n) is 5.12. The van der Waals surface area contributed by atoms with Crippen molar-refractivity contribution in [2.75, 3.05) is 26.0 Å². The summed E-state index contributed by atoms with van der Waals surface area (Å²) in [4.78, 5) is 38.4. The van der Waals surface area contributed by atoms with E-state index in [-0.39, 0.29) is 35.2 Å². The number of Topliss-reactive ketones (excluding diaryl/α,β-unsaturated/α-hetero) is 1. The molecule has 2 amide bonds. The van der Waals surface area contributed by atoms with Gasteiger partial charge in [0.1, 0.15) is 5.75 Å². The van der Waals surface area contributed by atoms with Crippen LogP contribution in [-0.4, -0.2) is 53.0 Å². The number of ketones is 1. The smallest absolute Gasteiger partial charge is 0.416 e. The molecule has 0 aliphatic heterocycles. The SMILES string of the molecule is Cc1nn(-c2cccc(C(F)(F)F)c2)c(C)c1C(=O)C(=O)Nc1ccc(OCC(=O)N(C)C)cc1. The maximum atomic E-state index is 13.1. The molecule has 184 valence electrons. The van der Waals surface area contributed by atoms with E-state index in [4.69, 9.17) is 4.74 Å². The van der Waals surface area contributed by atoms with E-state index in [2.05, 4.69) is 10.4 Å². The summed E-state index contributed by atoms with van der Waals surface area (Å²) in [5, 5.41) is 6.65. The highest BCUT2D eigenvalue weighted by Gasteiger charge is 2.31. The summed E-state index contributed by atoms with van der Waals surface area (Å²) in [6.45, 7) is 2.85. The number of amides is 2. The quantitative estimate of drug-likeness (QED) is 0.404. The molecule has 0 saturated heterocycles. The number of anilines is 1. The second kappa shape index (κ2) is 10.00. The van der Waals surface area contributed by atoms with Crippen molar-refractivity contribution in [2.24, 2.45) is 0 Å². The van der Waals surface area contributed by atoms with Crippen LogP contribution in [0.1, 0.15) is 27.3 Å². The van der Waals surface area contributed by atoms with Gasteiger partial charge in [-0.15, -0.1) is 0 Å². The Morgan fingerprint density at radius 2 is 1.71 bits per heavy atom. The zero-order valence-corrected chi connectivity index (χ0v) is 19.4. The van der Waals surface area contributed by atoms with Crippen LogP contribution in [0.3, 0.4) is 0 Å². The van der Waals surface area contributed by atoms with Crippen LogP contribution in [0.2, 0.25) is 0 Å². The minimum absolute atomic E-state index is 0.00191. The molecule has 1 aromatic heterocycles. The Morgan fingerprint density at radius 3 is 2.31 bits per heavy atom. The van der Waals surface area contributed by atoms with Crippen molar-refractivity contribution >= 4 is 23.3 Å². The fourth-order valence-corrected chi connectivity index (χ4v) is 3.25. The first-order valence-electron chi connectivity index (χ1n) is 10.4. The molecular formula is C24H23F3N4O4. The van der Waals surface area contributed by atoms with Gasteiger partial charge in [0.15, 0.2) is 6.61 Å². The Balaban J connectivity index is 1.75. The lowest BCUT2D eigenvalue weighted by molar-refractivity contribution is -0.137. The summed E-state index contributed by atoms with van der Waals surface area (Å²) in [5.74, 6) is -1.63. The van der Waals surface area contributed by atoms with E-state index in [1.165, 1.54) is 59.8 Å². The Morgan fingerprint density at radius 1 is 1.06 bits per heavy atom. The van der Waals surface area contributed by atoms with Crippen molar-refractivity contribution in [3.05, 3.63) is 71.0 Å². The monoisotopic (exact) mass is 488 g/mol. The molecule has 35 heavy (non-hydrogen) atoms. The lowest BCUT2D eigenvalue weighted by Crippen LogP contribution is -2.27. The third kappa shape index (κ3) is 5.86. The Bertz CT molecular complexity index is 1260. The van der Waals surface area contributed by atoms with Crippen molar-refractivity contribution in [3.63, 3.8) is 0 Å². The molecule has 0 saturated carbocycles. The molecule has 0 radical (unpaired) electrons. The van der Waals surface area contributed by atoms with E-state index in [1.807, 2.05) is 0 Å². The molecule has 1 N–H and O–H groups in total. The fourth-order valence-electron chi connectivity index (χ4n) is 3.25. The zero-order valence-electron chi connectivity index (χ0n) is 19.4. The molecule has 8 nitrogen and oxygen atoms in total. The minimum atomic E-state index is -4.53. The van der Waals surface area contributed by atoms with Crippen molar-refractivity contribution in [2.45, 2.75) is 20.0 Å². The van der Waals surface area contributed by atoms with Gasteiger partial charge in [0.25, 0.3) is 17.6 Å². The van der Waals surface area contributed by atoms with Gasteiger partial charge in [-0.1, -0.05) is 6.07 Å². The predicted octanol–water partition coefficient (Wildman–Crippen LogP) is 3.80. The first-order chi connectivity index (χ1) is 16.4. The van der Waals surface area contributed by atoms with Crippen LogP contribution in [-0.2, 0) is 15.8 Å². The van der Waals surface area contributed by atoms with Crippen LogP contribution in [0.25, 0.3) is 5.69 Å². The van der Waals surface area contributed by atoms with Crippen LogP contribution in [0.15, 0.2) is 48.5 Å². The first kappa shape index (κ1) is 25.5. The average molecular weight is 488 g/mol. The Hall–Kier alpha value is -4.15. The lowest BCUT2D eigenvalue weighted by Gasteiger charge is -2.12. The summed E-state index contributed by atoms with van der Waals surface area (Å²) in [5.41, 5.74) is 0.0119. The molecule has 2 aromatic carbocycles. The number of carbonyl (C=O) groups is 3. The number of likely N-dealkylation sites (N-methyl/N-ethyl adjacent to an activating group) is 1. The number of nitrogens with one attached hydrogen (secondary N) is 1. The van der Waals surface area contributed by atoms with Gasteiger partial charge in [0, 0.05) is 19.8 Å². The third-order valence-corrected chi connectivity index (χ3v) is 5.12. The van der Waals surface area contributed by atoms with E-state index in [9.17, 15) is 27.6 Å². The molecule has 0 atom stereocenters. The largest absolute Gasteiger partial charge is 0.484 e. The maximum Gasteiger partial charge on any atom is 0.416 e. The van der Waals surface area contributed by atoms with Crippen LogP contribution in [0.4, 0.5) is 18.9 Å². The van der Waals surface area contributed by atoms with Gasteiger partial charge < -0.3 is 15.0 Å². The van der Waals surface area contributed by atoms with Gasteiger partial charge in [-0.05, 0) is 56.3 Å². The van der Waals surface area contributed by atoms with E-state index >= 15 is 0 Å². The van der Waals surface area contributed by atoms with Crippen molar-refractivity contribution in [3.8, 4) is 11.4 Å². The topological polar surface area (TPSA) is 93.5 Å². The molecule has 0 aliphatic carbocycles. The standard InChI is InChI=1S/C24H23F3N4O4/c1-14-21(15(2)31(29-14)18-7-5-6-16(12-18)24(25,26)27)22(33)23(34)28-17-8-10-19(11-9-17)35-13-20(32)30(3)4/h5-12H,13H2,1-4H3,(H,28,34). The van der Waals surface area contributed by atoms with Gasteiger partial charge in [-0.2, -0.15) is 18.3 Å². The second-order valence-electron chi connectivity index (χ2n) is 7.89. The number of rotatable bonds is 7. The normalized spacial score (nSPS) is 11.2. The fraction of sp³-hybridized carbons (Fsp3) is 0.250. The number of benzene rings is 2. The van der Waals surface area contributed by atoms with Crippen molar-refractivity contribution in [1.29, 1.82) is 0 Å². The molecule has 0 fully saturated rings. The summed E-state index contributed by atoms with van der Waals surface area (Å²) in [7, 11) is 3.21. The number of aryl methyl sites for hydroxylation is 1. The van der Waals surface area contributed by atoms with Gasteiger partial charge in [0.2, 0.25) is 0 Å². The number of aromatic nitrogens is 2. The summed E-state index contributed by atoms with van der Waals surface area (Å²) >= 11 is 0. The highest BCUT2D eigenvalue weighted by Crippen LogP contribution is 2.31. The van der Waals surface area contributed by atoms with Crippen molar-refractivity contribution < 1.29 is 32.3 Å². The number of carbonyl (C=O) groups excluding carboxylic acids is 3. The van der Waals surface area contributed by atoms with Crippen molar-refractivity contribution in [1.82, 2.24) is 14.7 Å². The zero-order chi connectivity index (χ0) is 25.9. The Labute approximate surface area is 199 Å². The van der Waals surface area contributed by atoms with Gasteiger partial charge >= 0.3 is 6.18 Å². The van der Waals surface area contributed by atoms with Crippen LogP contribution in [0.5, 0.6) is 5.75 Å². The number of halogens is 3. The molecule has 0 spiro atoms. The van der Waals surface area contributed by atoms with Crippen LogP contribution < -0.4 is 10.1 Å². The van der Waals surface area contributed by atoms with E-state index in [0.717, 1.165) is 12.1 Å². The molecule has 0 aliphatic rings. The number of hydrogen-bond donors (Lipinski definition) is 1. The molecule has 1 heterocycles. The second-order valence-corrected chi connectivity index (χ2v) is 7.89. The van der Waals surface area contributed by atoms with Gasteiger partial charge in [-0.3, -0.25) is 14.4 Å². The average Bonchev–Trinajstić information content (AvgIpc) is 3.11. The number of nitrogens with zero attached hydrogens (tertiary/aromatic N) is 3. The van der Waals surface area contributed by atoms with Crippen LogP contribution >= 0.6 is 0 Å². The van der Waals surface area contributed by atoms with E-state index in [0.29, 0.717) is 11.4 Å². The lowest BCUT2D eigenvalue weighted by atomic mass is 10.1. The first-order valence-corrected chi connectivity index (χ1v) is 10.4. The summed E-state index contributed by atoms with van der Waals surface area (Å²) in [6.07, 6.45) is -4.53. The molecule has 11 heteroatoms. The molecule has 0 bridgehead atoms. The summed E-state index contributed by atoms with van der Waals surface area (Å²) in [6, 6.07) is 10.6. The van der Waals surface area contributed by atoms with Gasteiger partial charge in [0.05, 0.1) is 28.2 Å². The van der Waals surface area contributed by atoms with E-state index in [1.54, 1.807) is 14.1 Å². The van der Waals surface area contributed by atoms with Crippen LogP contribution in [0, 0.1) is 13.8 Å². The highest BCUT2D eigenvalue weighted by atomic mass is 19.4. The summed E-state index contributed by atoms with van der Waals surface area (Å²) < 4.78 is 45.8. The predicted molar refractivity (Wildman–Crippen MR) is 122 cm³/mol. The molecule has 3 aromatic rings. The highest BCUT2D eigenvalue weighted by molar-refractivity contribution is 6.47. The number of hydrogen-bond acceptors (Lipinski definition) is 5. The van der Waals surface area contributed by atoms with E-state index < -0.39 is 23.4 Å². The van der Waals surface area contributed by atoms with Gasteiger partial charge in [-0.25, -0.2) is 4.68 Å². The molecule has 3 rings (SSSR count). The Kier molecular flexibility index (Phi) is 7.28. The maximum absolute atomic E-state index is 13.1. The molecular weight excluding hydrogens is 465 g/mol. The number of ether oxygens (including phenoxy) is 1. The number of alkyl halides is 3.